The van der Waals surface area contributed by atoms with Crippen LogP contribution in [0, 0.1) is 0 Å². The van der Waals surface area contributed by atoms with Crippen LogP contribution in [-0.4, -0.2) is 67.5 Å². The van der Waals surface area contributed by atoms with Gasteiger partial charge in [-0.25, -0.2) is 0 Å². The molecule has 3 aromatic carbocycles. The summed E-state index contributed by atoms with van der Waals surface area (Å²) in [6.07, 6.45) is 0.873. The third-order valence-electron chi connectivity index (χ3n) is 6.67. The standard InChI is InChI=1S/C32H36N2O6/c1-5-19-39-25-14-11-23(12-15-25)30(35)28-29(34(18-17-33(2)3)32(37)31(28)36)24-13-16-26(27(20-24)38-4)40-21-22-9-7-6-8-10-22/h6-16,20,29,35H,5,17-19,21H2,1-4H3. The van der Waals surface area contributed by atoms with Gasteiger partial charge in [0, 0.05) is 18.7 Å². The Morgan fingerprint density at radius 1 is 0.950 bits per heavy atom. The van der Waals surface area contributed by atoms with Crippen LogP contribution >= 0.6 is 0 Å². The number of carbonyl (C=O) groups is 2. The number of aliphatic hydroxyl groups excluding tert-OH is 1. The molecule has 210 valence electrons. The highest BCUT2D eigenvalue weighted by Crippen LogP contribution is 2.42. The SMILES string of the molecule is CCCOc1ccc(C(O)=C2C(=O)C(=O)N(CCN(C)C)C2c2ccc(OCc3ccccc3)c(OC)c2)cc1. The van der Waals surface area contributed by atoms with Crippen LogP contribution in [0.4, 0.5) is 0 Å². The van der Waals surface area contributed by atoms with Gasteiger partial charge in [-0.15, -0.1) is 0 Å². The van der Waals surface area contributed by atoms with Crippen molar-refractivity contribution < 1.29 is 28.9 Å². The molecule has 8 heteroatoms. The lowest BCUT2D eigenvalue weighted by Gasteiger charge is -2.27. The summed E-state index contributed by atoms with van der Waals surface area (Å²) in [6.45, 7) is 3.80. The zero-order valence-corrected chi connectivity index (χ0v) is 23.4. The molecule has 0 aromatic heterocycles. The molecule has 0 aliphatic carbocycles. The van der Waals surface area contributed by atoms with Gasteiger partial charge in [-0.1, -0.05) is 43.3 Å². The fourth-order valence-corrected chi connectivity index (χ4v) is 4.56. The molecule has 0 spiro atoms. The highest BCUT2D eigenvalue weighted by Gasteiger charge is 2.46. The van der Waals surface area contributed by atoms with E-state index in [1.807, 2.05) is 56.3 Å². The van der Waals surface area contributed by atoms with E-state index >= 15 is 0 Å². The highest BCUT2D eigenvalue weighted by atomic mass is 16.5. The number of ketones is 1. The Morgan fingerprint density at radius 3 is 2.33 bits per heavy atom. The Morgan fingerprint density at radius 2 is 1.68 bits per heavy atom. The van der Waals surface area contributed by atoms with Crippen LogP contribution in [0.2, 0.25) is 0 Å². The number of aliphatic hydroxyl groups is 1. The molecule has 1 unspecified atom stereocenters. The average Bonchev–Trinajstić information content (AvgIpc) is 3.23. The summed E-state index contributed by atoms with van der Waals surface area (Å²) < 4.78 is 17.3. The molecule has 1 saturated heterocycles. The van der Waals surface area contributed by atoms with Crippen LogP contribution in [0.15, 0.2) is 78.4 Å². The fourth-order valence-electron chi connectivity index (χ4n) is 4.56. The number of Topliss-reactive ketones (excluding diaryl/α,β-unsaturated/α-hetero) is 1. The predicted octanol–water partition coefficient (Wildman–Crippen LogP) is 5.05. The zero-order chi connectivity index (χ0) is 28.6. The summed E-state index contributed by atoms with van der Waals surface area (Å²) >= 11 is 0. The number of hydrogen-bond donors (Lipinski definition) is 1. The van der Waals surface area contributed by atoms with Crippen molar-refractivity contribution >= 4 is 17.4 Å². The van der Waals surface area contributed by atoms with Crippen LogP contribution in [-0.2, 0) is 16.2 Å². The van der Waals surface area contributed by atoms with E-state index in [-0.39, 0.29) is 11.3 Å². The molecule has 8 nitrogen and oxygen atoms in total. The number of rotatable bonds is 12. The van der Waals surface area contributed by atoms with Crippen LogP contribution in [0.25, 0.3) is 5.76 Å². The first-order valence-electron chi connectivity index (χ1n) is 13.3. The largest absolute Gasteiger partial charge is 0.507 e. The van der Waals surface area contributed by atoms with Gasteiger partial charge in [0.25, 0.3) is 11.7 Å². The summed E-state index contributed by atoms with van der Waals surface area (Å²) in [5.41, 5.74) is 2.10. The maximum absolute atomic E-state index is 13.3. The van der Waals surface area contributed by atoms with Gasteiger partial charge in [0.15, 0.2) is 11.5 Å². The molecule has 1 N–H and O–H groups in total. The van der Waals surface area contributed by atoms with E-state index in [2.05, 4.69) is 0 Å². The number of ether oxygens (including phenoxy) is 3. The fraction of sp³-hybridized carbons (Fsp3) is 0.312. The Bertz CT molecular complexity index is 1350. The van der Waals surface area contributed by atoms with Crippen LogP contribution in [0.3, 0.4) is 0 Å². The summed E-state index contributed by atoms with van der Waals surface area (Å²) in [4.78, 5) is 30.0. The number of nitrogens with zero attached hydrogens (tertiary/aromatic N) is 2. The molecule has 1 atom stereocenters. The van der Waals surface area contributed by atoms with Gasteiger partial charge in [0.1, 0.15) is 18.1 Å². The first-order chi connectivity index (χ1) is 19.3. The maximum atomic E-state index is 13.3. The number of likely N-dealkylation sites (tertiary alicyclic amines) is 1. The van der Waals surface area contributed by atoms with Crippen molar-refractivity contribution in [3.8, 4) is 17.2 Å². The summed E-state index contributed by atoms with van der Waals surface area (Å²) in [6, 6.07) is 21.2. The Labute approximate surface area is 235 Å². The van der Waals surface area contributed by atoms with Crippen molar-refractivity contribution in [1.82, 2.24) is 9.80 Å². The summed E-state index contributed by atoms with van der Waals surface area (Å²) in [7, 11) is 5.34. The third kappa shape index (κ3) is 6.46. The second kappa shape index (κ2) is 13.2. The first kappa shape index (κ1) is 28.7. The number of hydrogen-bond acceptors (Lipinski definition) is 7. The molecule has 4 rings (SSSR count). The Hall–Kier alpha value is -4.30. The van der Waals surface area contributed by atoms with Crippen molar-refractivity contribution in [2.24, 2.45) is 0 Å². The van der Waals surface area contributed by atoms with Crippen LogP contribution in [0.1, 0.15) is 36.1 Å². The normalized spacial score (nSPS) is 16.4. The number of amides is 1. The third-order valence-corrected chi connectivity index (χ3v) is 6.67. The number of likely N-dealkylation sites (N-methyl/N-ethyl adjacent to an activating group) is 1. The molecular formula is C32H36N2O6. The Balaban J connectivity index is 1.72. The lowest BCUT2D eigenvalue weighted by molar-refractivity contribution is -0.140. The van der Waals surface area contributed by atoms with Crippen LogP contribution in [0.5, 0.6) is 17.2 Å². The van der Waals surface area contributed by atoms with E-state index in [4.69, 9.17) is 14.2 Å². The molecule has 1 amide bonds. The van der Waals surface area contributed by atoms with Gasteiger partial charge in [-0.2, -0.15) is 0 Å². The van der Waals surface area contributed by atoms with E-state index in [0.29, 0.717) is 54.7 Å². The van der Waals surface area contributed by atoms with Gasteiger partial charge in [0.05, 0.1) is 25.3 Å². The van der Waals surface area contributed by atoms with Crippen molar-refractivity contribution in [3.63, 3.8) is 0 Å². The highest BCUT2D eigenvalue weighted by molar-refractivity contribution is 6.46. The molecule has 1 aliphatic heterocycles. The second-order valence-electron chi connectivity index (χ2n) is 9.85. The average molecular weight is 545 g/mol. The molecular weight excluding hydrogens is 508 g/mol. The minimum Gasteiger partial charge on any atom is -0.507 e. The molecule has 1 fully saturated rings. The van der Waals surface area contributed by atoms with Gasteiger partial charge in [-0.05, 0) is 68.0 Å². The number of benzene rings is 3. The molecule has 0 bridgehead atoms. The molecule has 0 saturated carbocycles. The molecule has 1 aliphatic rings. The first-order valence-corrected chi connectivity index (χ1v) is 13.3. The van der Waals surface area contributed by atoms with Gasteiger partial charge >= 0.3 is 0 Å². The lowest BCUT2D eigenvalue weighted by atomic mass is 9.95. The summed E-state index contributed by atoms with van der Waals surface area (Å²) in [5, 5.41) is 11.4. The van der Waals surface area contributed by atoms with Crippen molar-refractivity contribution in [2.75, 3.05) is 40.9 Å². The number of methoxy groups -OCH3 is 1. The minimum absolute atomic E-state index is 0.0333. The molecule has 40 heavy (non-hydrogen) atoms. The lowest BCUT2D eigenvalue weighted by Crippen LogP contribution is -2.35. The monoisotopic (exact) mass is 544 g/mol. The summed E-state index contributed by atoms with van der Waals surface area (Å²) in [5.74, 6) is 0.0426. The molecule has 1 heterocycles. The zero-order valence-electron chi connectivity index (χ0n) is 23.4. The van der Waals surface area contributed by atoms with Gasteiger partial charge in [0.2, 0.25) is 0 Å². The van der Waals surface area contributed by atoms with Crippen LogP contribution < -0.4 is 14.2 Å². The van der Waals surface area contributed by atoms with Crippen molar-refractivity contribution in [1.29, 1.82) is 0 Å². The predicted molar refractivity (Wildman–Crippen MR) is 154 cm³/mol. The molecule has 3 aromatic rings. The van der Waals surface area contributed by atoms with E-state index in [9.17, 15) is 14.7 Å². The quantitative estimate of drug-likeness (QED) is 0.194. The van der Waals surface area contributed by atoms with Gasteiger partial charge in [-0.3, -0.25) is 9.59 Å². The second-order valence-corrected chi connectivity index (χ2v) is 9.85. The van der Waals surface area contributed by atoms with Crippen molar-refractivity contribution in [2.45, 2.75) is 26.0 Å². The smallest absolute Gasteiger partial charge is 0.295 e. The minimum atomic E-state index is -0.798. The van der Waals surface area contributed by atoms with E-state index in [0.717, 1.165) is 12.0 Å². The maximum Gasteiger partial charge on any atom is 0.295 e. The van der Waals surface area contributed by atoms with Crippen molar-refractivity contribution in [3.05, 3.63) is 95.1 Å². The topological polar surface area (TPSA) is 88.5 Å². The van der Waals surface area contributed by atoms with E-state index in [1.54, 1.807) is 49.6 Å². The van der Waals surface area contributed by atoms with E-state index < -0.39 is 17.7 Å². The van der Waals surface area contributed by atoms with Gasteiger partial charge < -0.3 is 29.1 Å². The number of carbonyl (C=O) groups excluding carboxylic acids is 2. The Kier molecular flexibility index (Phi) is 9.45. The van der Waals surface area contributed by atoms with E-state index in [1.165, 1.54) is 4.90 Å². The molecule has 0 radical (unpaired) electrons.